The van der Waals surface area contributed by atoms with E-state index in [0.717, 1.165) is 11.1 Å². The van der Waals surface area contributed by atoms with Crippen LogP contribution in [0.25, 0.3) is 22.9 Å². The molecule has 3 rings (SSSR count). The van der Waals surface area contributed by atoms with Gasteiger partial charge >= 0.3 is 0 Å². The number of hydrogen-bond acceptors (Lipinski definition) is 6. The van der Waals surface area contributed by atoms with Crippen molar-refractivity contribution in [2.75, 3.05) is 0 Å². The Morgan fingerprint density at radius 3 is 1.90 bits per heavy atom. The Morgan fingerprint density at radius 2 is 1.43 bits per heavy atom. The molecule has 1 aromatic carbocycles. The molecule has 0 bridgehead atoms. The molecule has 0 unspecified atom stereocenters. The van der Waals surface area contributed by atoms with Crippen LogP contribution in [-0.2, 0) is 5.41 Å². The first-order valence-corrected chi connectivity index (χ1v) is 6.69. The largest absolute Gasteiger partial charge is 0.334 e. The summed E-state index contributed by atoms with van der Waals surface area (Å²) in [5.74, 6) is 2.14. The van der Waals surface area contributed by atoms with Crippen molar-refractivity contribution in [2.45, 2.75) is 33.1 Å². The Kier molecular flexibility index (Phi) is 3.08. The van der Waals surface area contributed by atoms with Crippen LogP contribution < -0.4 is 0 Å². The van der Waals surface area contributed by atoms with Gasteiger partial charge < -0.3 is 9.05 Å². The summed E-state index contributed by atoms with van der Waals surface area (Å²) < 4.78 is 10.6. The van der Waals surface area contributed by atoms with Gasteiger partial charge in [0.2, 0.25) is 0 Å². The van der Waals surface area contributed by atoms with E-state index < -0.39 is 0 Å². The van der Waals surface area contributed by atoms with Crippen LogP contribution >= 0.6 is 0 Å². The van der Waals surface area contributed by atoms with E-state index in [1.54, 1.807) is 6.92 Å². The molecule has 2 aromatic heterocycles. The molecule has 0 aliphatic rings. The lowest BCUT2D eigenvalue weighted by atomic mass is 9.96. The Balaban J connectivity index is 2.09. The number of nitrogens with zero attached hydrogens (tertiary/aromatic N) is 4. The standard InChI is InChI=1S/C15H16N4O2/c1-9-16-12(20-18-9)10-7-5-6-8-11(10)13-17-14(19-21-13)15(2,3)4/h5-8H,1-4H3. The molecule has 6 heteroatoms. The van der Waals surface area contributed by atoms with Crippen molar-refractivity contribution in [3.8, 4) is 22.9 Å². The zero-order valence-electron chi connectivity index (χ0n) is 12.4. The molecule has 3 aromatic rings. The van der Waals surface area contributed by atoms with E-state index in [0.29, 0.717) is 23.4 Å². The summed E-state index contributed by atoms with van der Waals surface area (Å²) in [6, 6.07) is 7.60. The minimum Gasteiger partial charge on any atom is -0.334 e. The van der Waals surface area contributed by atoms with Gasteiger partial charge in [-0.05, 0) is 19.1 Å². The van der Waals surface area contributed by atoms with Crippen LogP contribution in [0.1, 0.15) is 32.4 Å². The predicted molar refractivity (Wildman–Crippen MR) is 76.5 cm³/mol. The van der Waals surface area contributed by atoms with Gasteiger partial charge in [-0.2, -0.15) is 9.97 Å². The third-order valence-corrected chi connectivity index (χ3v) is 3.01. The molecule has 0 spiro atoms. The second-order valence-corrected chi connectivity index (χ2v) is 5.87. The van der Waals surface area contributed by atoms with Gasteiger partial charge in [-0.15, -0.1) is 0 Å². The molecular weight excluding hydrogens is 268 g/mol. The zero-order valence-corrected chi connectivity index (χ0v) is 12.4. The van der Waals surface area contributed by atoms with E-state index in [1.807, 2.05) is 45.0 Å². The number of hydrogen-bond donors (Lipinski definition) is 0. The molecular formula is C15H16N4O2. The fourth-order valence-corrected chi connectivity index (χ4v) is 1.90. The molecule has 0 fully saturated rings. The lowest BCUT2D eigenvalue weighted by Crippen LogP contribution is -2.13. The van der Waals surface area contributed by atoms with Gasteiger partial charge in [-0.3, -0.25) is 0 Å². The Labute approximate surface area is 122 Å². The van der Waals surface area contributed by atoms with E-state index in [1.165, 1.54) is 0 Å². The molecule has 0 amide bonds. The molecule has 0 aliphatic heterocycles. The molecule has 2 heterocycles. The molecule has 108 valence electrons. The topological polar surface area (TPSA) is 77.8 Å². The van der Waals surface area contributed by atoms with Crippen LogP contribution in [0, 0.1) is 6.92 Å². The second-order valence-electron chi connectivity index (χ2n) is 5.87. The van der Waals surface area contributed by atoms with Crippen molar-refractivity contribution >= 4 is 0 Å². The summed E-state index contributed by atoms with van der Waals surface area (Å²) >= 11 is 0. The van der Waals surface area contributed by atoms with Crippen molar-refractivity contribution in [3.05, 3.63) is 35.9 Å². The minimum absolute atomic E-state index is 0.169. The number of rotatable bonds is 2. The van der Waals surface area contributed by atoms with Gasteiger partial charge in [0.05, 0.1) is 11.1 Å². The fraction of sp³-hybridized carbons (Fsp3) is 0.333. The smallest absolute Gasteiger partial charge is 0.258 e. The fourth-order valence-electron chi connectivity index (χ4n) is 1.90. The summed E-state index contributed by atoms with van der Waals surface area (Å²) in [5.41, 5.74) is 1.39. The lowest BCUT2D eigenvalue weighted by Gasteiger charge is -2.10. The van der Waals surface area contributed by atoms with E-state index in [4.69, 9.17) is 9.05 Å². The first-order valence-electron chi connectivity index (χ1n) is 6.69. The van der Waals surface area contributed by atoms with Crippen molar-refractivity contribution in [3.63, 3.8) is 0 Å². The highest BCUT2D eigenvalue weighted by Crippen LogP contribution is 2.31. The first-order chi connectivity index (χ1) is 9.95. The van der Waals surface area contributed by atoms with Gasteiger partial charge in [0.25, 0.3) is 11.8 Å². The summed E-state index contributed by atoms with van der Waals surface area (Å²) in [6.45, 7) is 7.89. The molecule has 6 nitrogen and oxygen atoms in total. The third kappa shape index (κ3) is 2.56. The molecule has 0 saturated carbocycles. The minimum atomic E-state index is -0.169. The van der Waals surface area contributed by atoms with E-state index in [-0.39, 0.29) is 5.41 Å². The molecule has 21 heavy (non-hydrogen) atoms. The Bertz CT molecular complexity index is 768. The summed E-state index contributed by atoms with van der Waals surface area (Å²) in [5, 5.41) is 7.87. The highest BCUT2D eigenvalue weighted by molar-refractivity contribution is 5.75. The van der Waals surface area contributed by atoms with Crippen LogP contribution in [0.5, 0.6) is 0 Å². The van der Waals surface area contributed by atoms with Gasteiger partial charge in [-0.1, -0.05) is 43.2 Å². The molecule has 0 atom stereocenters. The summed E-state index contributed by atoms with van der Waals surface area (Å²) in [4.78, 5) is 8.73. The highest BCUT2D eigenvalue weighted by Gasteiger charge is 2.23. The van der Waals surface area contributed by atoms with Gasteiger partial charge in [-0.25, -0.2) is 0 Å². The molecule has 0 N–H and O–H groups in total. The normalized spacial score (nSPS) is 11.8. The van der Waals surface area contributed by atoms with Crippen molar-refractivity contribution in [1.82, 2.24) is 20.3 Å². The van der Waals surface area contributed by atoms with Crippen molar-refractivity contribution < 1.29 is 9.05 Å². The number of aryl methyl sites for hydroxylation is 1. The average Bonchev–Trinajstić information content (AvgIpc) is 3.06. The van der Waals surface area contributed by atoms with Crippen LogP contribution in [-0.4, -0.2) is 20.3 Å². The van der Waals surface area contributed by atoms with E-state index >= 15 is 0 Å². The first kappa shape index (κ1) is 13.5. The Morgan fingerprint density at radius 1 is 0.857 bits per heavy atom. The van der Waals surface area contributed by atoms with Crippen molar-refractivity contribution in [1.29, 1.82) is 0 Å². The maximum Gasteiger partial charge on any atom is 0.258 e. The SMILES string of the molecule is Cc1noc(-c2ccccc2-c2nc(C(C)(C)C)no2)n1. The quantitative estimate of drug-likeness (QED) is 0.717. The predicted octanol–water partition coefficient (Wildman–Crippen LogP) is 3.39. The van der Waals surface area contributed by atoms with E-state index in [9.17, 15) is 0 Å². The van der Waals surface area contributed by atoms with Crippen LogP contribution in [0.2, 0.25) is 0 Å². The maximum absolute atomic E-state index is 5.40. The van der Waals surface area contributed by atoms with E-state index in [2.05, 4.69) is 20.3 Å². The maximum atomic E-state index is 5.40. The average molecular weight is 284 g/mol. The second kappa shape index (κ2) is 4.80. The third-order valence-electron chi connectivity index (χ3n) is 3.01. The highest BCUT2D eigenvalue weighted by atomic mass is 16.5. The van der Waals surface area contributed by atoms with Gasteiger partial charge in [0, 0.05) is 5.41 Å². The number of aromatic nitrogens is 4. The van der Waals surface area contributed by atoms with Crippen molar-refractivity contribution in [2.24, 2.45) is 0 Å². The van der Waals surface area contributed by atoms with Crippen LogP contribution in [0.3, 0.4) is 0 Å². The summed E-state index contributed by atoms with van der Waals surface area (Å²) in [6.07, 6.45) is 0. The monoisotopic (exact) mass is 284 g/mol. The molecule has 0 aliphatic carbocycles. The number of benzene rings is 1. The summed E-state index contributed by atoms with van der Waals surface area (Å²) in [7, 11) is 0. The molecule has 0 radical (unpaired) electrons. The Hall–Kier alpha value is -2.50. The zero-order chi connectivity index (χ0) is 15.0. The van der Waals surface area contributed by atoms with Gasteiger partial charge in [0.15, 0.2) is 11.6 Å². The van der Waals surface area contributed by atoms with Crippen LogP contribution in [0.4, 0.5) is 0 Å². The van der Waals surface area contributed by atoms with Gasteiger partial charge in [0.1, 0.15) is 0 Å². The van der Waals surface area contributed by atoms with Crippen LogP contribution in [0.15, 0.2) is 33.3 Å². The lowest BCUT2D eigenvalue weighted by molar-refractivity contribution is 0.402. The molecule has 0 saturated heterocycles.